The van der Waals surface area contributed by atoms with Crippen molar-refractivity contribution < 1.29 is 9.53 Å². The Balaban J connectivity index is 0.00000196. The van der Waals surface area contributed by atoms with Gasteiger partial charge in [0.05, 0.1) is 6.61 Å². The number of nitrogens with zero attached hydrogens (tertiary/aromatic N) is 1. The molecule has 0 bridgehead atoms. The van der Waals surface area contributed by atoms with Crippen molar-refractivity contribution in [2.45, 2.75) is 45.6 Å². The average Bonchev–Trinajstić information content (AvgIpc) is 2.45. The van der Waals surface area contributed by atoms with Gasteiger partial charge in [0.2, 0.25) is 0 Å². The van der Waals surface area contributed by atoms with Crippen molar-refractivity contribution in [2.24, 2.45) is 0 Å². The van der Waals surface area contributed by atoms with Gasteiger partial charge in [-0.3, -0.25) is 9.69 Å². The van der Waals surface area contributed by atoms with E-state index in [-0.39, 0.29) is 24.4 Å². The molecular formula is C11H22ClNO2. The second-order valence-corrected chi connectivity index (χ2v) is 3.88. The van der Waals surface area contributed by atoms with Gasteiger partial charge < -0.3 is 4.74 Å². The van der Waals surface area contributed by atoms with E-state index in [1.54, 1.807) is 0 Å². The summed E-state index contributed by atoms with van der Waals surface area (Å²) < 4.78 is 5.02. The standard InChI is InChI=1S/C11H21NO2.ClH/c1-3-14-11(13)10(2)12-8-6-4-5-7-9-12;/h10H,3-9H2,1-2H3;1H. The summed E-state index contributed by atoms with van der Waals surface area (Å²) in [6, 6.07) is -0.0620. The molecule has 0 saturated carbocycles. The van der Waals surface area contributed by atoms with Crippen LogP contribution in [0.25, 0.3) is 0 Å². The fraction of sp³-hybridized carbons (Fsp3) is 0.909. The predicted molar refractivity (Wildman–Crippen MR) is 63.4 cm³/mol. The monoisotopic (exact) mass is 235 g/mol. The number of likely N-dealkylation sites (tertiary alicyclic amines) is 1. The fourth-order valence-corrected chi connectivity index (χ4v) is 1.89. The average molecular weight is 236 g/mol. The molecule has 1 heterocycles. The van der Waals surface area contributed by atoms with Crippen molar-refractivity contribution >= 4 is 18.4 Å². The third-order valence-corrected chi connectivity index (χ3v) is 2.82. The van der Waals surface area contributed by atoms with Crippen molar-refractivity contribution in [2.75, 3.05) is 19.7 Å². The van der Waals surface area contributed by atoms with Gasteiger partial charge in [0.25, 0.3) is 0 Å². The molecule has 1 aliphatic heterocycles. The molecule has 0 amide bonds. The number of ether oxygens (including phenoxy) is 1. The number of rotatable bonds is 3. The van der Waals surface area contributed by atoms with Crippen LogP contribution in [0.15, 0.2) is 0 Å². The van der Waals surface area contributed by atoms with E-state index in [4.69, 9.17) is 4.74 Å². The van der Waals surface area contributed by atoms with Gasteiger partial charge in [-0.1, -0.05) is 12.8 Å². The number of halogens is 1. The zero-order chi connectivity index (χ0) is 10.4. The first-order valence-electron chi connectivity index (χ1n) is 5.66. The second-order valence-electron chi connectivity index (χ2n) is 3.88. The second kappa shape index (κ2) is 7.94. The Hall–Kier alpha value is -0.280. The molecule has 0 radical (unpaired) electrons. The summed E-state index contributed by atoms with van der Waals surface area (Å²) in [6.07, 6.45) is 5.02. The molecule has 1 saturated heterocycles. The smallest absolute Gasteiger partial charge is 0.323 e. The number of hydrogen-bond acceptors (Lipinski definition) is 3. The highest BCUT2D eigenvalue weighted by molar-refractivity contribution is 5.85. The van der Waals surface area contributed by atoms with Crippen molar-refractivity contribution in [3.05, 3.63) is 0 Å². The Morgan fingerprint density at radius 2 is 1.80 bits per heavy atom. The summed E-state index contributed by atoms with van der Waals surface area (Å²) in [5, 5.41) is 0. The largest absolute Gasteiger partial charge is 0.465 e. The minimum atomic E-state index is -0.0746. The molecule has 0 aromatic carbocycles. The Kier molecular flexibility index (Phi) is 7.79. The molecule has 3 nitrogen and oxygen atoms in total. The molecular weight excluding hydrogens is 214 g/mol. The zero-order valence-corrected chi connectivity index (χ0v) is 10.5. The van der Waals surface area contributed by atoms with Crippen LogP contribution in [0.5, 0.6) is 0 Å². The fourth-order valence-electron chi connectivity index (χ4n) is 1.89. The summed E-state index contributed by atoms with van der Waals surface area (Å²) in [6.45, 7) is 6.37. The van der Waals surface area contributed by atoms with Crippen LogP contribution in [0, 0.1) is 0 Å². The third-order valence-electron chi connectivity index (χ3n) is 2.82. The van der Waals surface area contributed by atoms with Crippen LogP contribution < -0.4 is 0 Å². The summed E-state index contributed by atoms with van der Waals surface area (Å²) in [5.74, 6) is -0.0746. The highest BCUT2D eigenvalue weighted by Crippen LogP contribution is 2.13. The van der Waals surface area contributed by atoms with E-state index in [2.05, 4.69) is 4.90 Å². The van der Waals surface area contributed by atoms with Crippen molar-refractivity contribution in [3.63, 3.8) is 0 Å². The van der Waals surface area contributed by atoms with Gasteiger partial charge in [-0.25, -0.2) is 0 Å². The Morgan fingerprint density at radius 3 is 2.27 bits per heavy atom. The molecule has 4 heteroatoms. The first kappa shape index (κ1) is 14.7. The molecule has 0 aliphatic carbocycles. The highest BCUT2D eigenvalue weighted by atomic mass is 35.5. The number of esters is 1. The highest BCUT2D eigenvalue weighted by Gasteiger charge is 2.22. The minimum Gasteiger partial charge on any atom is -0.465 e. The lowest BCUT2D eigenvalue weighted by atomic mass is 10.2. The van der Waals surface area contributed by atoms with E-state index in [0.29, 0.717) is 6.61 Å². The lowest BCUT2D eigenvalue weighted by molar-refractivity contribution is -0.148. The molecule has 0 spiro atoms. The van der Waals surface area contributed by atoms with Crippen molar-refractivity contribution in [3.8, 4) is 0 Å². The van der Waals surface area contributed by atoms with Crippen LogP contribution in [0.4, 0.5) is 0 Å². The molecule has 0 aromatic heterocycles. The lowest BCUT2D eigenvalue weighted by Crippen LogP contribution is -2.40. The summed E-state index contributed by atoms with van der Waals surface area (Å²) in [4.78, 5) is 13.7. The van der Waals surface area contributed by atoms with Gasteiger partial charge in [-0.2, -0.15) is 0 Å². The quantitative estimate of drug-likeness (QED) is 0.703. The van der Waals surface area contributed by atoms with E-state index < -0.39 is 0 Å². The van der Waals surface area contributed by atoms with Gasteiger partial charge in [0, 0.05) is 0 Å². The number of hydrogen-bond donors (Lipinski definition) is 0. The molecule has 1 fully saturated rings. The molecule has 0 aromatic rings. The van der Waals surface area contributed by atoms with Crippen LogP contribution in [0.2, 0.25) is 0 Å². The van der Waals surface area contributed by atoms with Crippen molar-refractivity contribution in [1.82, 2.24) is 4.90 Å². The first-order chi connectivity index (χ1) is 6.75. The van der Waals surface area contributed by atoms with Gasteiger partial charge in [0.1, 0.15) is 6.04 Å². The van der Waals surface area contributed by atoms with Gasteiger partial charge >= 0.3 is 5.97 Å². The maximum atomic E-state index is 11.5. The maximum Gasteiger partial charge on any atom is 0.323 e. The van der Waals surface area contributed by atoms with Crippen molar-refractivity contribution in [1.29, 1.82) is 0 Å². The van der Waals surface area contributed by atoms with Gasteiger partial charge in [-0.15, -0.1) is 12.4 Å². The van der Waals surface area contributed by atoms with Crippen LogP contribution in [0.1, 0.15) is 39.5 Å². The molecule has 90 valence electrons. The first-order valence-corrected chi connectivity index (χ1v) is 5.66. The molecule has 0 N–H and O–H groups in total. The SMILES string of the molecule is CCOC(=O)C(C)N1CCCCCC1.Cl. The molecule has 1 rings (SSSR count). The van der Waals surface area contributed by atoms with E-state index >= 15 is 0 Å². The number of carbonyl (C=O) groups is 1. The lowest BCUT2D eigenvalue weighted by Gasteiger charge is -2.25. The Morgan fingerprint density at radius 1 is 1.27 bits per heavy atom. The van der Waals surface area contributed by atoms with Crippen LogP contribution in [0.3, 0.4) is 0 Å². The van der Waals surface area contributed by atoms with E-state index in [1.807, 2.05) is 13.8 Å². The molecule has 1 atom stereocenters. The minimum absolute atomic E-state index is 0. The van der Waals surface area contributed by atoms with E-state index in [0.717, 1.165) is 13.1 Å². The predicted octanol–water partition coefficient (Wildman–Crippen LogP) is 2.24. The Bertz CT molecular complexity index is 179. The topological polar surface area (TPSA) is 29.5 Å². The van der Waals surface area contributed by atoms with Crippen LogP contribution in [-0.4, -0.2) is 36.6 Å². The van der Waals surface area contributed by atoms with E-state index in [9.17, 15) is 4.79 Å². The van der Waals surface area contributed by atoms with E-state index in [1.165, 1.54) is 25.7 Å². The third kappa shape index (κ3) is 4.85. The van der Waals surface area contributed by atoms with Gasteiger partial charge in [-0.05, 0) is 39.8 Å². The summed E-state index contributed by atoms with van der Waals surface area (Å²) in [7, 11) is 0. The summed E-state index contributed by atoms with van der Waals surface area (Å²) >= 11 is 0. The van der Waals surface area contributed by atoms with Crippen LogP contribution >= 0.6 is 12.4 Å². The summed E-state index contributed by atoms with van der Waals surface area (Å²) in [5.41, 5.74) is 0. The van der Waals surface area contributed by atoms with Gasteiger partial charge in [0.15, 0.2) is 0 Å². The normalized spacial score (nSPS) is 19.9. The Labute approximate surface area is 98.6 Å². The number of carbonyl (C=O) groups excluding carboxylic acids is 1. The molecule has 1 unspecified atom stereocenters. The van der Waals surface area contributed by atoms with Crippen LogP contribution in [-0.2, 0) is 9.53 Å². The molecule has 1 aliphatic rings. The maximum absolute atomic E-state index is 11.5. The molecule has 15 heavy (non-hydrogen) atoms. The zero-order valence-electron chi connectivity index (χ0n) is 9.70.